The van der Waals surface area contributed by atoms with Gasteiger partial charge in [0.15, 0.2) is 11.5 Å². The van der Waals surface area contributed by atoms with E-state index >= 15 is 0 Å². The number of aromatic nitrogens is 2. The molecular formula is C12H12F3N3O2. The van der Waals surface area contributed by atoms with Crippen molar-refractivity contribution in [1.82, 2.24) is 10.2 Å². The van der Waals surface area contributed by atoms with Crippen molar-refractivity contribution in [3.8, 4) is 22.8 Å². The van der Waals surface area contributed by atoms with Crippen LogP contribution in [-0.4, -0.2) is 24.4 Å². The van der Waals surface area contributed by atoms with Gasteiger partial charge in [-0.25, -0.2) is 0 Å². The summed E-state index contributed by atoms with van der Waals surface area (Å²) in [6.07, 6.45) is -4.57. The molecule has 2 aromatic rings. The molecule has 0 saturated carbocycles. The van der Waals surface area contributed by atoms with Crippen LogP contribution in [0.15, 0.2) is 18.2 Å². The Bertz CT molecular complexity index is 623. The molecule has 0 saturated heterocycles. The Kier molecular flexibility index (Phi) is 3.47. The third-order valence-corrected chi connectivity index (χ3v) is 2.69. The summed E-state index contributed by atoms with van der Waals surface area (Å²) in [6.45, 7) is 0. The van der Waals surface area contributed by atoms with Crippen LogP contribution in [0, 0.1) is 0 Å². The highest BCUT2D eigenvalue weighted by molar-refractivity contribution is 5.68. The summed E-state index contributed by atoms with van der Waals surface area (Å²) in [5.41, 5.74) is 5.12. The summed E-state index contributed by atoms with van der Waals surface area (Å²) in [7, 11) is 2.42. The average molecular weight is 287 g/mol. The number of hydrogen-bond acceptors (Lipinski definition) is 4. The van der Waals surface area contributed by atoms with Gasteiger partial charge in [0.25, 0.3) is 0 Å². The molecule has 0 unspecified atom stereocenters. The molecule has 8 heteroatoms. The van der Waals surface area contributed by atoms with E-state index in [0.717, 1.165) is 13.2 Å². The smallest absolute Gasteiger partial charge is 0.420 e. The average Bonchev–Trinajstić information content (AvgIpc) is 2.82. The minimum absolute atomic E-state index is 0.0227. The maximum absolute atomic E-state index is 13.1. The number of anilines is 1. The quantitative estimate of drug-likeness (QED) is 0.910. The first-order valence-corrected chi connectivity index (χ1v) is 5.51. The second-order valence-corrected chi connectivity index (χ2v) is 3.96. The van der Waals surface area contributed by atoms with E-state index < -0.39 is 11.7 Å². The number of benzene rings is 1. The van der Waals surface area contributed by atoms with Gasteiger partial charge in [-0.1, -0.05) is 0 Å². The normalized spacial score (nSPS) is 11.4. The lowest BCUT2D eigenvalue weighted by Gasteiger charge is -2.16. The minimum Gasteiger partial charge on any atom is -0.493 e. The lowest BCUT2D eigenvalue weighted by atomic mass is 10.1. The Balaban J connectivity index is 2.67. The van der Waals surface area contributed by atoms with Gasteiger partial charge in [0, 0.05) is 11.6 Å². The fraction of sp³-hybridized carbons (Fsp3) is 0.250. The molecule has 0 spiro atoms. The third-order valence-electron chi connectivity index (χ3n) is 2.69. The van der Waals surface area contributed by atoms with Crippen LogP contribution in [-0.2, 0) is 6.18 Å². The van der Waals surface area contributed by atoms with Crippen molar-refractivity contribution in [3.05, 3.63) is 23.8 Å². The van der Waals surface area contributed by atoms with Gasteiger partial charge >= 0.3 is 6.18 Å². The van der Waals surface area contributed by atoms with Crippen LogP contribution in [0.5, 0.6) is 11.5 Å². The van der Waals surface area contributed by atoms with E-state index in [4.69, 9.17) is 15.2 Å². The fourth-order valence-corrected chi connectivity index (χ4v) is 1.82. The number of hydrogen-bond donors (Lipinski definition) is 2. The second kappa shape index (κ2) is 4.95. The Hall–Kier alpha value is -2.38. The van der Waals surface area contributed by atoms with Crippen molar-refractivity contribution in [3.63, 3.8) is 0 Å². The zero-order valence-electron chi connectivity index (χ0n) is 10.7. The van der Waals surface area contributed by atoms with Gasteiger partial charge in [0.1, 0.15) is 11.4 Å². The molecule has 2 rings (SSSR count). The molecule has 0 aliphatic carbocycles. The van der Waals surface area contributed by atoms with Crippen molar-refractivity contribution < 1.29 is 22.6 Å². The highest BCUT2D eigenvalue weighted by Gasteiger charge is 2.36. The van der Waals surface area contributed by atoms with Crippen LogP contribution in [0.1, 0.15) is 5.56 Å². The summed E-state index contributed by atoms with van der Waals surface area (Å²) in [5, 5.41) is 6.23. The first-order chi connectivity index (χ1) is 9.36. The summed E-state index contributed by atoms with van der Waals surface area (Å²) < 4.78 is 48.9. The molecule has 1 heterocycles. The Morgan fingerprint density at radius 2 is 1.85 bits per heavy atom. The summed E-state index contributed by atoms with van der Waals surface area (Å²) in [6, 6.07) is 3.80. The zero-order valence-corrected chi connectivity index (χ0v) is 10.7. The lowest BCUT2D eigenvalue weighted by Crippen LogP contribution is -2.09. The molecule has 3 N–H and O–H groups in total. The van der Waals surface area contributed by atoms with Gasteiger partial charge < -0.3 is 15.2 Å². The first-order valence-electron chi connectivity index (χ1n) is 5.51. The number of nitrogens with one attached hydrogen (secondary N) is 1. The molecule has 20 heavy (non-hydrogen) atoms. The maximum atomic E-state index is 13.1. The summed E-state index contributed by atoms with van der Waals surface area (Å²) in [4.78, 5) is 0. The van der Waals surface area contributed by atoms with Crippen molar-refractivity contribution in [2.45, 2.75) is 6.18 Å². The number of aromatic amines is 1. The van der Waals surface area contributed by atoms with Crippen molar-refractivity contribution in [1.29, 1.82) is 0 Å². The summed E-state index contributed by atoms with van der Waals surface area (Å²) >= 11 is 0. The van der Waals surface area contributed by atoms with Crippen LogP contribution in [0.4, 0.5) is 19.0 Å². The number of H-pyrrole nitrogens is 1. The van der Waals surface area contributed by atoms with Gasteiger partial charge in [0.05, 0.1) is 19.9 Å². The van der Waals surface area contributed by atoms with E-state index in [2.05, 4.69) is 10.2 Å². The van der Waals surface area contributed by atoms with E-state index in [1.54, 1.807) is 0 Å². The fourth-order valence-electron chi connectivity index (χ4n) is 1.82. The van der Waals surface area contributed by atoms with Crippen LogP contribution >= 0.6 is 0 Å². The third kappa shape index (κ3) is 2.49. The molecule has 0 bridgehead atoms. The van der Waals surface area contributed by atoms with Gasteiger partial charge in [-0.15, -0.1) is 0 Å². The van der Waals surface area contributed by atoms with Crippen molar-refractivity contribution in [2.75, 3.05) is 20.0 Å². The Morgan fingerprint density at radius 1 is 1.15 bits per heavy atom. The van der Waals surface area contributed by atoms with Gasteiger partial charge in [-0.2, -0.15) is 18.3 Å². The molecular weight excluding hydrogens is 275 g/mol. The number of ether oxygens (including phenoxy) is 2. The Morgan fingerprint density at radius 3 is 2.30 bits per heavy atom. The minimum atomic E-state index is -4.57. The van der Waals surface area contributed by atoms with Crippen LogP contribution in [0.25, 0.3) is 11.3 Å². The van der Waals surface area contributed by atoms with Crippen molar-refractivity contribution >= 4 is 5.82 Å². The highest BCUT2D eigenvalue weighted by atomic mass is 19.4. The molecule has 0 radical (unpaired) electrons. The van der Waals surface area contributed by atoms with Crippen LogP contribution in [0.3, 0.4) is 0 Å². The number of halogens is 3. The van der Waals surface area contributed by atoms with E-state index in [9.17, 15) is 13.2 Å². The number of nitrogens with zero attached hydrogens (tertiary/aromatic N) is 1. The maximum Gasteiger partial charge on any atom is 0.420 e. The molecule has 5 nitrogen and oxygen atoms in total. The predicted octanol–water partition coefficient (Wildman–Crippen LogP) is 2.69. The van der Waals surface area contributed by atoms with Gasteiger partial charge in [0.2, 0.25) is 0 Å². The van der Waals surface area contributed by atoms with E-state index in [1.807, 2.05) is 0 Å². The zero-order chi connectivity index (χ0) is 14.9. The molecule has 1 aromatic carbocycles. The van der Waals surface area contributed by atoms with E-state index in [-0.39, 0.29) is 22.9 Å². The number of methoxy groups -OCH3 is 2. The van der Waals surface area contributed by atoms with Crippen LogP contribution in [0.2, 0.25) is 0 Å². The van der Waals surface area contributed by atoms with Gasteiger partial charge in [-0.05, 0) is 12.1 Å². The highest BCUT2D eigenvalue weighted by Crippen LogP contribution is 2.44. The van der Waals surface area contributed by atoms with Gasteiger partial charge in [-0.3, -0.25) is 5.10 Å². The molecule has 0 amide bonds. The SMILES string of the molecule is COc1cc(-c2cc(N)n[nH]2)cc(C(F)(F)F)c1OC. The Labute approximate surface area is 112 Å². The van der Waals surface area contributed by atoms with E-state index in [0.29, 0.717) is 5.69 Å². The topological polar surface area (TPSA) is 73.2 Å². The molecule has 0 atom stereocenters. The molecule has 0 aliphatic heterocycles. The predicted molar refractivity (Wildman–Crippen MR) is 66.5 cm³/mol. The molecule has 0 aliphatic rings. The first kappa shape index (κ1) is 14.0. The van der Waals surface area contributed by atoms with Crippen LogP contribution < -0.4 is 15.2 Å². The van der Waals surface area contributed by atoms with E-state index in [1.165, 1.54) is 19.2 Å². The monoisotopic (exact) mass is 287 g/mol. The number of nitrogens with two attached hydrogens (primary N) is 1. The second-order valence-electron chi connectivity index (χ2n) is 3.96. The lowest BCUT2D eigenvalue weighted by molar-refractivity contribution is -0.138. The molecule has 108 valence electrons. The largest absolute Gasteiger partial charge is 0.493 e. The molecule has 0 fully saturated rings. The summed E-state index contributed by atoms with van der Waals surface area (Å²) in [5.74, 6) is -0.204. The number of rotatable bonds is 3. The standard InChI is InChI=1S/C12H12F3N3O2/c1-19-9-4-6(8-5-10(16)18-17-8)3-7(11(9)20-2)12(13,14)15/h3-5H,1-2H3,(H3,16,17,18). The number of nitrogen functional groups attached to an aromatic ring is 1. The number of alkyl halides is 3. The van der Waals surface area contributed by atoms with Crippen molar-refractivity contribution in [2.24, 2.45) is 0 Å². The molecule has 1 aromatic heterocycles.